The van der Waals surface area contributed by atoms with Gasteiger partial charge < -0.3 is 15.2 Å². The van der Waals surface area contributed by atoms with Gasteiger partial charge in [-0.25, -0.2) is 0 Å². The quantitative estimate of drug-likeness (QED) is 0.891. The molecule has 18 heavy (non-hydrogen) atoms. The van der Waals surface area contributed by atoms with Gasteiger partial charge in [0, 0.05) is 11.1 Å². The molecule has 0 atom stereocenters. The van der Waals surface area contributed by atoms with Crippen LogP contribution in [0, 0.1) is 0 Å². The standard InChI is InChI=1S/C15H23NO2/c1-10(2)11-8-12(15(16)6-5-7-15)14(18-4)13(9-11)17-3/h8-10H,5-7,16H2,1-4H3. The summed E-state index contributed by atoms with van der Waals surface area (Å²) >= 11 is 0. The third-order valence-corrected chi connectivity index (χ3v) is 3.95. The van der Waals surface area contributed by atoms with Crippen molar-refractivity contribution >= 4 is 0 Å². The largest absolute Gasteiger partial charge is 0.493 e. The number of nitrogens with two attached hydrogens (primary N) is 1. The Kier molecular flexibility index (Phi) is 3.53. The fourth-order valence-corrected chi connectivity index (χ4v) is 2.52. The lowest BCUT2D eigenvalue weighted by Gasteiger charge is -2.40. The second-order valence-corrected chi connectivity index (χ2v) is 5.47. The Morgan fingerprint density at radius 3 is 2.22 bits per heavy atom. The van der Waals surface area contributed by atoms with E-state index in [0.29, 0.717) is 5.92 Å². The fourth-order valence-electron chi connectivity index (χ4n) is 2.52. The number of methoxy groups -OCH3 is 2. The summed E-state index contributed by atoms with van der Waals surface area (Å²) in [7, 11) is 3.36. The molecule has 1 aliphatic rings. The maximum Gasteiger partial charge on any atom is 0.165 e. The van der Waals surface area contributed by atoms with Gasteiger partial charge >= 0.3 is 0 Å². The van der Waals surface area contributed by atoms with Crippen molar-refractivity contribution in [2.24, 2.45) is 5.73 Å². The van der Waals surface area contributed by atoms with Crippen molar-refractivity contribution in [1.82, 2.24) is 0 Å². The van der Waals surface area contributed by atoms with E-state index in [1.54, 1.807) is 14.2 Å². The van der Waals surface area contributed by atoms with Crippen LogP contribution in [0.4, 0.5) is 0 Å². The maximum absolute atomic E-state index is 6.46. The highest BCUT2D eigenvalue weighted by Gasteiger charge is 2.38. The van der Waals surface area contributed by atoms with Crippen LogP contribution in [0.15, 0.2) is 12.1 Å². The molecule has 1 saturated carbocycles. The maximum atomic E-state index is 6.46. The van der Waals surface area contributed by atoms with E-state index in [0.717, 1.165) is 29.9 Å². The molecule has 1 aromatic carbocycles. The van der Waals surface area contributed by atoms with Crippen LogP contribution < -0.4 is 15.2 Å². The van der Waals surface area contributed by atoms with Gasteiger partial charge in [0.1, 0.15) is 0 Å². The zero-order chi connectivity index (χ0) is 13.3. The topological polar surface area (TPSA) is 44.5 Å². The Labute approximate surface area is 109 Å². The summed E-state index contributed by atoms with van der Waals surface area (Å²) in [5.74, 6) is 2.03. The molecule has 0 aliphatic heterocycles. The zero-order valence-corrected chi connectivity index (χ0v) is 11.7. The Morgan fingerprint density at radius 2 is 1.83 bits per heavy atom. The first-order valence-electron chi connectivity index (χ1n) is 6.57. The second kappa shape index (κ2) is 4.81. The molecule has 2 N–H and O–H groups in total. The monoisotopic (exact) mass is 249 g/mol. The van der Waals surface area contributed by atoms with E-state index in [-0.39, 0.29) is 5.54 Å². The van der Waals surface area contributed by atoms with Gasteiger partial charge in [-0.1, -0.05) is 13.8 Å². The molecule has 1 aliphatic carbocycles. The van der Waals surface area contributed by atoms with Gasteiger partial charge in [0.25, 0.3) is 0 Å². The van der Waals surface area contributed by atoms with Crippen molar-refractivity contribution < 1.29 is 9.47 Å². The first kappa shape index (κ1) is 13.2. The molecular weight excluding hydrogens is 226 g/mol. The summed E-state index contributed by atoms with van der Waals surface area (Å²) < 4.78 is 11.0. The van der Waals surface area contributed by atoms with E-state index in [9.17, 15) is 0 Å². The molecule has 1 fully saturated rings. The van der Waals surface area contributed by atoms with Crippen LogP contribution >= 0.6 is 0 Å². The molecule has 0 aromatic heterocycles. The van der Waals surface area contributed by atoms with Gasteiger partial charge in [-0.2, -0.15) is 0 Å². The van der Waals surface area contributed by atoms with Crippen molar-refractivity contribution in [3.63, 3.8) is 0 Å². The van der Waals surface area contributed by atoms with Crippen molar-refractivity contribution in [2.75, 3.05) is 14.2 Å². The van der Waals surface area contributed by atoms with E-state index in [1.807, 2.05) is 0 Å². The number of benzene rings is 1. The Bertz CT molecular complexity index is 436. The molecule has 0 amide bonds. The average Bonchev–Trinajstić information content (AvgIpc) is 2.33. The molecule has 0 saturated heterocycles. The smallest absolute Gasteiger partial charge is 0.165 e. The summed E-state index contributed by atoms with van der Waals surface area (Å²) in [4.78, 5) is 0. The Balaban J connectivity index is 2.57. The van der Waals surface area contributed by atoms with Crippen LogP contribution in [0.3, 0.4) is 0 Å². The molecule has 2 rings (SSSR count). The molecule has 0 radical (unpaired) electrons. The van der Waals surface area contributed by atoms with Crippen molar-refractivity contribution in [3.8, 4) is 11.5 Å². The van der Waals surface area contributed by atoms with Crippen LogP contribution in [0.25, 0.3) is 0 Å². The Hall–Kier alpha value is -1.22. The molecule has 1 aromatic rings. The molecule has 0 heterocycles. The number of ether oxygens (including phenoxy) is 2. The normalized spacial score (nSPS) is 17.4. The lowest BCUT2D eigenvalue weighted by Crippen LogP contribution is -2.43. The van der Waals surface area contributed by atoms with Gasteiger partial charge in [0.05, 0.1) is 14.2 Å². The van der Waals surface area contributed by atoms with E-state index >= 15 is 0 Å². The van der Waals surface area contributed by atoms with Gasteiger partial charge in [0.15, 0.2) is 11.5 Å². The highest BCUT2D eigenvalue weighted by molar-refractivity contribution is 5.53. The van der Waals surface area contributed by atoms with Crippen LogP contribution in [-0.4, -0.2) is 14.2 Å². The second-order valence-electron chi connectivity index (χ2n) is 5.47. The molecule has 0 unspecified atom stereocenters. The van der Waals surface area contributed by atoms with Gasteiger partial charge in [-0.05, 0) is 42.9 Å². The summed E-state index contributed by atoms with van der Waals surface area (Å²) in [5.41, 5.74) is 8.57. The summed E-state index contributed by atoms with van der Waals surface area (Å²) in [6.07, 6.45) is 3.23. The van der Waals surface area contributed by atoms with E-state index < -0.39 is 0 Å². The summed E-state index contributed by atoms with van der Waals surface area (Å²) in [5, 5.41) is 0. The third kappa shape index (κ3) is 2.07. The first-order chi connectivity index (χ1) is 8.51. The van der Waals surface area contributed by atoms with Crippen molar-refractivity contribution in [3.05, 3.63) is 23.3 Å². The highest BCUT2D eigenvalue weighted by Crippen LogP contribution is 2.47. The Morgan fingerprint density at radius 1 is 1.17 bits per heavy atom. The van der Waals surface area contributed by atoms with Crippen LogP contribution in [0.2, 0.25) is 0 Å². The molecule has 100 valence electrons. The third-order valence-electron chi connectivity index (χ3n) is 3.95. The van der Waals surface area contributed by atoms with Crippen molar-refractivity contribution in [1.29, 1.82) is 0 Å². The summed E-state index contributed by atoms with van der Waals surface area (Å²) in [6.45, 7) is 4.35. The molecular formula is C15H23NO2. The highest BCUT2D eigenvalue weighted by atomic mass is 16.5. The van der Waals surface area contributed by atoms with Crippen LogP contribution in [-0.2, 0) is 5.54 Å². The minimum Gasteiger partial charge on any atom is -0.493 e. The molecule has 3 heteroatoms. The van der Waals surface area contributed by atoms with Gasteiger partial charge in [-0.3, -0.25) is 0 Å². The SMILES string of the molecule is COc1cc(C(C)C)cc(C2(N)CCC2)c1OC. The minimum absolute atomic E-state index is 0.233. The number of hydrogen-bond donors (Lipinski definition) is 1. The summed E-state index contributed by atoms with van der Waals surface area (Å²) in [6, 6.07) is 4.24. The minimum atomic E-state index is -0.233. The molecule has 0 bridgehead atoms. The predicted octanol–water partition coefficient (Wildman–Crippen LogP) is 3.17. The predicted molar refractivity (Wildman–Crippen MR) is 73.4 cm³/mol. The van der Waals surface area contributed by atoms with Crippen LogP contribution in [0.5, 0.6) is 11.5 Å². The lowest BCUT2D eigenvalue weighted by atomic mass is 9.71. The molecule has 3 nitrogen and oxygen atoms in total. The molecule has 0 spiro atoms. The van der Waals surface area contributed by atoms with E-state index in [2.05, 4.69) is 26.0 Å². The zero-order valence-electron chi connectivity index (χ0n) is 11.7. The van der Waals surface area contributed by atoms with E-state index in [1.165, 1.54) is 12.0 Å². The van der Waals surface area contributed by atoms with Crippen molar-refractivity contribution in [2.45, 2.75) is 44.6 Å². The first-order valence-corrected chi connectivity index (χ1v) is 6.57. The number of rotatable bonds is 4. The lowest BCUT2D eigenvalue weighted by molar-refractivity contribution is 0.240. The number of hydrogen-bond acceptors (Lipinski definition) is 3. The van der Waals surface area contributed by atoms with Gasteiger partial charge in [0.2, 0.25) is 0 Å². The fraction of sp³-hybridized carbons (Fsp3) is 0.600. The van der Waals surface area contributed by atoms with E-state index in [4.69, 9.17) is 15.2 Å². The van der Waals surface area contributed by atoms with Crippen LogP contribution in [0.1, 0.15) is 50.2 Å². The van der Waals surface area contributed by atoms with Gasteiger partial charge in [-0.15, -0.1) is 0 Å². The average molecular weight is 249 g/mol.